The van der Waals surface area contributed by atoms with Gasteiger partial charge in [0.15, 0.2) is 5.96 Å². The molecule has 0 unspecified atom stereocenters. The maximum absolute atomic E-state index is 5.64. The molecule has 3 rings (SSSR count). The molecule has 1 atom stereocenters. The molecule has 20 heavy (non-hydrogen) atoms. The third kappa shape index (κ3) is 2.61. The molecule has 0 saturated heterocycles. The van der Waals surface area contributed by atoms with E-state index >= 15 is 0 Å². The number of rotatable bonds is 3. The van der Waals surface area contributed by atoms with E-state index in [-0.39, 0.29) is 6.04 Å². The molecule has 0 aliphatic carbocycles. The molecule has 2 heterocycles. The molecule has 0 fully saturated rings. The quantitative estimate of drug-likeness (QED) is 0.663. The Bertz CT molecular complexity index is 593. The van der Waals surface area contributed by atoms with Crippen molar-refractivity contribution in [3.8, 4) is 5.75 Å². The highest BCUT2D eigenvalue weighted by molar-refractivity contribution is 5.80. The highest BCUT2D eigenvalue weighted by Gasteiger charge is 2.24. The van der Waals surface area contributed by atoms with E-state index in [9.17, 15) is 0 Å². The summed E-state index contributed by atoms with van der Waals surface area (Å²) in [7, 11) is 1.75. The van der Waals surface area contributed by atoms with Crippen LogP contribution in [0.25, 0.3) is 0 Å². The number of aliphatic imine (C=N–C) groups is 1. The number of ether oxygens (including phenoxy) is 1. The summed E-state index contributed by atoms with van der Waals surface area (Å²) in [5, 5.41) is 6.58. The van der Waals surface area contributed by atoms with Crippen LogP contribution in [0, 0.1) is 0 Å². The molecule has 0 spiro atoms. The van der Waals surface area contributed by atoms with Gasteiger partial charge in [0.05, 0.1) is 18.8 Å². The molecule has 1 aliphatic heterocycles. The molecule has 2 N–H and O–H groups in total. The first kappa shape index (κ1) is 12.6. The zero-order chi connectivity index (χ0) is 13.8. The minimum atomic E-state index is 0.119. The molecule has 0 saturated carbocycles. The first-order valence-electron chi connectivity index (χ1n) is 6.58. The maximum Gasteiger partial charge on any atom is 0.191 e. The summed E-state index contributed by atoms with van der Waals surface area (Å²) in [6, 6.07) is 12.0. The minimum Gasteiger partial charge on any atom is -0.491 e. The molecular weight excluding hydrogens is 254 g/mol. The number of benzene rings is 1. The molecule has 0 bridgehead atoms. The highest BCUT2D eigenvalue weighted by atomic mass is 16.5. The van der Waals surface area contributed by atoms with Gasteiger partial charge in [-0.15, -0.1) is 0 Å². The lowest BCUT2D eigenvalue weighted by Crippen LogP contribution is -2.39. The minimum absolute atomic E-state index is 0.119. The van der Waals surface area contributed by atoms with Crippen molar-refractivity contribution in [2.45, 2.75) is 12.6 Å². The summed E-state index contributed by atoms with van der Waals surface area (Å²) in [6.07, 6.45) is 1.66. The summed E-state index contributed by atoms with van der Waals surface area (Å²) in [5.41, 5.74) is 1.16. The van der Waals surface area contributed by atoms with E-state index in [0.717, 1.165) is 23.0 Å². The number of fused-ring (bicyclic) bond motifs is 1. The van der Waals surface area contributed by atoms with Gasteiger partial charge in [-0.25, -0.2) is 0 Å². The van der Waals surface area contributed by atoms with Crippen molar-refractivity contribution in [2.24, 2.45) is 4.99 Å². The fourth-order valence-electron chi connectivity index (χ4n) is 2.23. The molecular formula is C15H17N3O2. The van der Waals surface area contributed by atoms with Gasteiger partial charge in [0.2, 0.25) is 0 Å². The number of para-hydroxylation sites is 1. The number of guanidine groups is 1. The number of furan rings is 1. The Morgan fingerprint density at radius 3 is 3.00 bits per heavy atom. The van der Waals surface area contributed by atoms with E-state index in [1.807, 2.05) is 30.3 Å². The van der Waals surface area contributed by atoms with E-state index in [1.165, 1.54) is 0 Å². The van der Waals surface area contributed by atoms with Gasteiger partial charge in [0.1, 0.15) is 18.1 Å². The first-order chi connectivity index (χ1) is 9.86. The molecule has 104 valence electrons. The van der Waals surface area contributed by atoms with Crippen molar-refractivity contribution in [3.05, 3.63) is 54.0 Å². The average Bonchev–Trinajstić information content (AvgIpc) is 3.13. The van der Waals surface area contributed by atoms with Crippen molar-refractivity contribution in [1.29, 1.82) is 0 Å². The highest BCUT2D eigenvalue weighted by Crippen LogP contribution is 2.31. The molecule has 5 nitrogen and oxygen atoms in total. The van der Waals surface area contributed by atoms with Crippen molar-refractivity contribution in [3.63, 3.8) is 0 Å². The van der Waals surface area contributed by atoms with E-state index in [2.05, 4.69) is 21.7 Å². The lowest BCUT2D eigenvalue weighted by molar-refractivity contribution is 0.323. The summed E-state index contributed by atoms with van der Waals surface area (Å²) in [4.78, 5) is 4.22. The molecule has 0 amide bonds. The Hall–Kier alpha value is -2.43. The van der Waals surface area contributed by atoms with Crippen molar-refractivity contribution < 1.29 is 9.15 Å². The Morgan fingerprint density at radius 1 is 1.30 bits per heavy atom. The molecule has 1 aromatic carbocycles. The largest absolute Gasteiger partial charge is 0.491 e. The van der Waals surface area contributed by atoms with Crippen LogP contribution in [0.3, 0.4) is 0 Å². The third-order valence-electron chi connectivity index (χ3n) is 3.24. The lowest BCUT2D eigenvalue weighted by atomic mass is 10.1. The van der Waals surface area contributed by atoms with E-state index < -0.39 is 0 Å². The van der Waals surface area contributed by atoms with E-state index in [4.69, 9.17) is 9.15 Å². The first-order valence-corrected chi connectivity index (χ1v) is 6.58. The maximum atomic E-state index is 5.64. The topological polar surface area (TPSA) is 58.8 Å². The van der Waals surface area contributed by atoms with E-state index in [0.29, 0.717) is 13.2 Å². The molecule has 0 radical (unpaired) electrons. The number of nitrogens with zero attached hydrogens (tertiary/aromatic N) is 1. The van der Waals surface area contributed by atoms with Crippen LogP contribution >= 0.6 is 0 Å². The van der Waals surface area contributed by atoms with E-state index in [1.54, 1.807) is 13.3 Å². The molecule has 1 aliphatic rings. The number of hydrogen-bond acceptors (Lipinski definition) is 3. The zero-order valence-electron chi connectivity index (χ0n) is 11.3. The molecule has 5 heteroatoms. The van der Waals surface area contributed by atoms with Crippen molar-refractivity contribution in [2.75, 3.05) is 13.7 Å². The average molecular weight is 271 g/mol. The second kappa shape index (κ2) is 5.69. The van der Waals surface area contributed by atoms with Crippen LogP contribution in [-0.4, -0.2) is 19.6 Å². The Morgan fingerprint density at radius 2 is 2.20 bits per heavy atom. The van der Waals surface area contributed by atoms with Gasteiger partial charge in [-0.2, -0.15) is 0 Å². The number of hydrogen-bond donors (Lipinski definition) is 2. The second-order valence-electron chi connectivity index (χ2n) is 4.55. The van der Waals surface area contributed by atoms with Crippen LogP contribution in [0.15, 0.2) is 52.1 Å². The SMILES string of the molecule is CN=C(NCc1ccco1)N[C@H]1COc2ccccc21. The molecule has 2 aromatic rings. The predicted octanol–water partition coefficient (Wildman–Crippen LogP) is 2.08. The van der Waals surface area contributed by atoms with Crippen LogP contribution in [0.1, 0.15) is 17.4 Å². The van der Waals surface area contributed by atoms with Crippen LogP contribution in [0.4, 0.5) is 0 Å². The van der Waals surface area contributed by atoms with Crippen LogP contribution < -0.4 is 15.4 Å². The summed E-state index contributed by atoms with van der Waals surface area (Å²) in [6.45, 7) is 1.21. The third-order valence-corrected chi connectivity index (χ3v) is 3.24. The standard InChI is InChI=1S/C15H17N3O2/c1-16-15(17-9-11-5-4-8-19-11)18-13-10-20-14-7-3-2-6-12(13)14/h2-8,13H,9-10H2,1H3,(H2,16,17,18)/t13-/m0/s1. The summed E-state index contributed by atoms with van der Waals surface area (Å²) in [5.74, 6) is 2.54. The predicted molar refractivity (Wildman–Crippen MR) is 76.7 cm³/mol. The zero-order valence-corrected chi connectivity index (χ0v) is 11.3. The van der Waals surface area contributed by atoms with Crippen LogP contribution in [0.5, 0.6) is 5.75 Å². The normalized spacial score (nSPS) is 17.4. The Balaban J connectivity index is 1.62. The van der Waals surface area contributed by atoms with Gasteiger partial charge in [-0.05, 0) is 18.2 Å². The lowest BCUT2D eigenvalue weighted by Gasteiger charge is -2.16. The molecule has 1 aromatic heterocycles. The second-order valence-corrected chi connectivity index (χ2v) is 4.55. The fourth-order valence-corrected chi connectivity index (χ4v) is 2.23. The monoisotopic (exact) mass is 271 g/mol. The Labute approximate surface area is 117 Å². The van der Waals surface area contributed by atoms with Gasteiger partial charge in [0, 0.05) is 12.6 Å². The Kier molecular flexibility index (Phi) is 3.58. The summed E-state index contributed by atoms with van der Waals surface area (Å²) >= 11 is 0. The number of nitrogens with one attached hydrogen (secondary N) is 2. The fraction of sp³-hybridized carbons (Fsp3) is 0.267. The van der Waals surface area contributed by atoms with Crippen LogP contribution in [0.2, 0.25) is 0 Å². The van der Waals surface area contributed by atoms with Gasteiger partial charge in [-0.1, -0.05) is 18.2 Å². The van der Waals surface area contributed by atoms with Gasteiger partial charge < -0.3 is 19.8 Å². The van der Waals surface area contributed by atoms with Crippen molar-refractivity contribution >= 4 is 5.96 Å². The van der Waals surface area contributed by atoms with Crippen molar-refractivity contribution in [1.82, 2.24) is 10.6 Å². The summed E-state index contributed by atoms with van der Waals surface area (Å²) < 4.78 is 10.9. The smallest absolute Gasteiger partial charge is 0.191 e. The van der Waals surface area contributed by atoms with Gasteiger partial charge >= 0.3 is 0 Å². The van der Waals surface area contributed by atoms with Gasteiger partial charge in [0.25, 0.3) is 0 Å². The van der Waals surface area contributed by atoms with Gasteiger partial charge in [-0.3, -0.25) is 4.99 Å². The van der Waals surface area contributed by atoms with Crippen LogP contribution in [-0.2, 0) is 6.54 Å².